The Labute approximate surface area is 250 Å². The van der Waals surface area contributed by atoms with Crippen molar-refractivity contribution in [1.29, 1.82) is 0 Å². The molecule has 1 aliphatic rings. The number of imide groups is 2. The summed E-state index contributed by atoms with van der Waals surface area (Å²) in [6.07, 6.45) is -2.59. The van der Waals surface area contributed by atoms with E-state index in [1.165, 1.54) is 38.1 Å². The van der Waals surface area contributed by atoms with Gasteiger partial charge < -0.3 is 25.4 Å². The zero-order chi connectivity index (χ0) is 33.2. The fourth-order valence-corrected chi connectivity index (χ4v) is 4.80. The molecule has 1 unspecified atom stereocenters. The molecular formula is C27H34N4O13. The van der Waals surface area contributed by atoms with Crippen molar-refractivity contribution >= 4 is 47.5 Å². The molecule has 2 atom stereocenters. The fraction of sp³-hybridized carbons (Fsp3) is 0.519. The van der Waals surface area contributed by atoms with E-state index in [1.807, 2.05) is 0 Å². The standard InChI is InChI=1S/C27H34N4O13/c1-3-27(4-2)23(38)29(26(41)30(24(27)39)19(22(36)37)12-13-20(32)33)18(21(34)35)7-5-6-14-28-25(40)44-15-16-8-10-17(11-9-16)31(42)43/h8-11,18-19H,3-7,12-15H2,1-2H3,(H,28,40)(H,32,33)(H,34,35)(H,36,37)/t18-,19?/m0/s1. The third kappa shape index (κ3) is 8.05. The molecule has 44 heavy (non-hydrogen) atoms. The third-order valence-electron chi connectivity index (χ3n) is 7.39. The van der Waals surface area contributed by atoms with Crippen molar-refractivity contribution in [2.24, 2.45) is 5.41 Å². The highest BCUT2D eigenvalue weighted by Crippen LogP contribution is 2.39. The number of hydrogen-bond acceptors (Lipinski definition) is 10. The molecule has 4 N–H and O–H groups in total. The molecule has 0 aromatic heterocycles. The van der Waals surface area contributed by atoms with E-state index in [0.717, 1.165) is 0 Å². The second-order valence-electron chi connectivity index (χ2n) is 9.98. The number of nitro groups is 1. The van der Waals surface area contributed by atoms with Crippen molar-refractivity contribution in [2.45, 2.75) is 77.5 Å². The quantitative estimate of drug-likeness (QED) is 0.0843. The van der Waals surface area contributed by atoms with Crippen LogP contribution in [0.25, 0.3) is 0 Å². The minimum atomic E-state index is -1.95. The van der Waals surface area contributed by atoms with Crippen LogP contribution in [0.5, 0.6) is 0 Å². The number of non-ortho nitro benzene ring substituents is 1. The molecule has 17 nitrogen and oxygen atoms in total. The van der Waals surface area contributed by atoms with Crippen LogP contribution in [0, 0.1) is 15.5 Å². The summed E-state index contributed by atoms with van der Waals surface area (Å²) < 4.78 is 5.03. The Bertz CT molecular complexity index is 1290. The molecule has 5 amide bonds. The predicted octanol–water partition coefficient (Wildman–Crippen LogP) is 2.36. The Morgan fingerprint density at radius 2 is 1.43 bits per heavy atom. The molecular weight excluding hydrogens is 588 g/mol. The number of amides is 5. The van der Waals surface area contributed by atoms with Crippen LogP contribution in [-0.4, -0.2) is 90.5 Å². The maximum Gasteiger partial charge on any atom is 0.407 e. The molecule has 1 saturated heterocycles. The number of carboxylic acids is 3. The van der Waals surface area contributed by atoms with Crippen LogP contribution in [0.1, 0.15) is 64.4 Å². The Hall–Kier alpha value is -5.09. The number of carbonyl (C=O) groups excluding carboxylic acids is 4. The highest BCUT2D eigenvalue weighted by molar-refractivity contribution is 6.21. The maximum absolute atomic E-state index is 13.5. The minimum Gasteiger partial charge on any atom is -0.481 e. The van der Waals surface area contributed by atoms with Gasteiger partial charge in [-0.15, -0.1) is 0 Å². The number of alkyl carbamates (subject to hydrolysis) is 1. The average Bonchev–Trinajstić information content (AvgIpc) is 2.97. The molecule has 0 radical (unpaired) electrons. The summed E-state index contributed by atoms with van der Waals surface area (Å²) in [4.78, 5) is 98.6. The Morgan fingerprint density at radius 1 is 0.909 bits per heavy atom. The Kier molecular flexibility index (Phi) is 12.3. The molecule has 1 aromatic carbocycles. The van der Waals surface area contributed by atoms with E-state index in [0.29, 0.717) is 10.5 Å². The molecule has 17 heteroatoms. The summed E-state index contributed by atoms with van der Waals surface area (Å²) in [6.45, 7) is 2.77. The second kappa shape index (κ2) is 15.4. The lowest BCUT2D eigenvalue weighted by Crippen LogP contribution is -2.70. The Morgan fingerprint density at radius 3 is 1.89 bits per heavy atom. The first kappa shape index (κ1) is 35.1. The van der Waals surface area contributed by atoms with Gasteiger partial charge in [0.25, 0.3) is 5.69 Å². The van der Waals surface area contributed by atoms with E-state index < -0.39 is 77.1 Å². The highest BCUT2D eigenvalue weighted by atomic mass is 16.6. The lowest BCUT2D eigenvalue weighted by atomic mass is 9.77. The van der Waals surface area contributed by atoms with Crippen LogP contribution in [-0.2, 0) is 35.3 Å². The number of hydrogen-bond donors (Lipinski definition) is 4. The van der Waals surface area contributed by atoms with Gasteiger partial charge in [-0.05, 0) is 56.2 Å². The highest BCUT2D eigenvalue weighted by Gasteiger charge is 2.59. The van der Waals surface area contributed by atoms with E-state index in [1.54, 1.807) is 0 Å². The zero-order valence-electron chi connectivity index (χ0n) is 24.1. The number of nitrogens with zero attached hydrogens (tertiary/aromatic N) is 3. The molecule has 2 rings (SSSR count). The number of rotatable bonds is 17. The number of nitrogens with one attached hydrogen (secondary N) is 1. The first-order valence-corrected chi connectivity index (χ1v) is 13.7. The number of benzene rings is 1. The summed E-state index contributed by atoms with van der Waals surface area (Å²) in [5.41, 5.74) is -1.56. The van der Waals surface area contributed by atoms with Crippen molar-refractivity contribution in [3.63, 3.8) is 0 Å². The smallest absolute Gasteiger partial charge is 0.407 e. The van der Waals surface area contributed by atoms with Crippen LogP contribution >= 0.6 is 0 Å². The van der Waals surface area contributed by atoms with E-state index in [9.17, 15) is 53.9 Å². The van der Waals surface area contributed by atoms with Crippen LogP contribution < -0.4 is 5.32 Å². The molecule has 0 spiro atoms. The lowest BCUT2D eigenvalue weighted by Gasteiger charge is -2.46. The van der Waals surface area contributed by atoms with Gasteiger partial charge in [0.1, 0.15) is 24.1 Å². The Balaban J connectivity index is 2.11. The SMILES string of the molecule is CCC1(CC)C(=O)N(C(CCC(=O)O)C(=O)O)C(=O)N([C@@H](CCCCNC(=O)OCc2ccc([N+](=O)[O-])cc2)C(=O)O)C1=O. The fourth-order valence-electron chi connectivity index (χ4n) is 4.80. The first-order valence-electron chi connectivity index (χ1n) is 13.7. The van der Waals surface area contributed by atoms with Crippen LogP contribution in [0.15, 0.2) is 24.3 Å². The van der Waals surface area contributed by atoms with Gasteiger partial charge in [0.05, 0.1) is 4.92 Å². The molecule has 0 saturated carbocycles. The number of urea groups is 1. The van der Waals surface area contributed by atoms with E-state index in [-0.39, 0.29) is 55.8 Å². The van der Waals surface area contributed by atoms with Crippen LogP contribution in [0.3, 0.4) is 0 Å². The number of aliphatic carboxylic acids is 3. The number of carbonyl (C=O) groups is 7. The lowest BCUT2D eigenvalue weighted by molar-refractivity contribution is -0.384. The largest absolute Gasteiger partial charge is 0.481 e. The average molecular weight is 623 g/mol. The molecule has 1 aliphatic heterocycles. The second-order valence-corrected chi connectivity index (χ2v) is 9.98. The summed E-state index contributed by atoms with van der Waals surface area (Å²) in [7, 11) is 0. The normalized spacial score (nSPS) is 15.8. The molecule has 0 bridgehead atoms. The summed E-state index contributed by atoms with van der Waals surface area (Å²) in [5.74, 6) is -6.88. The maximum atomic E-state index is 13.5. The summed E-state index contributed by atoms with van der Waals surface area (Å²) in [5, 5.41) is 41.9. The molecule has 1 aromatic rings. The molecule has 1 heterocycles. The number of barbiturate groups is 1. The van der Waals surface area contributed by atoms with Crippen LogP contribution in [0.2, 0.25) is 0 Å². The van der Waals surface area contributed by atoms with Gasteiger partial charge in [-0.3, -0.25) is 24.5 Å². The topological polar surface area (TPSA) is 251 Å². The number of nitro benzene ring substituents is 1. The van der Waals surface area contributed by atoms with Crippen molar-refractivity contribution in [1.82, 2.24) is 15.1 Å². The van der Waals surface area contributed by atoms with Gasteiger partial charge in [-0.2, -0.15) is 0 Å². The monoisotopic (exact) mass is 622 g/mol. The molecule has 240 valence electrons. The first-order chi connectivity index (χ1) is 20.7. The van der Waals surface area contributed by atoms with E-state index in [4.69, 9.17) is 9.84 Å². The third-order valence-corrected chi connectivity index (χ3v) is 7.39. The van der Waals surface area contributed by atoms with Crippen LogP contribution in [0.4, 0.5) is 15.3 Å². The minimum absolute atomic E-state index is 0.0159. The van der Waals surface area contributed by atoms with Gasteiger partial charge in [-0.25, -0.2) is 29.0 Å². The summed E-state index contributed by atoms with van der Waals surface area (Å²) >= 11 is 0. The van der Waals surface area contributed by atoms with Crippen molar-refractivity contribution < 1.29 is 58.5 Å². The van der Waals surface area contributed by atoms with Gasteiger partial charge in [0, 0.05) is 25.1 Å². The number of ether oxygens (including phenoxy) is 1. The van der Waals surface area contributed by atoms with Gasteiger partial charge in [0.15, 0.2) is 0 Å². The zero-order valence-corrected chi connectivity index (χ0v) is 24.1. The van der Waals surface area contributed by atoms with Crippen molar-refractivity contribution in [3.05, 3.63) is 39.9 Å². The van der Waals surface area contributed by atoms with Crippen molar-refractivity contribution in [2.75, 3.05) is 6.54 Å². The molecule has 1 fully saturated rings. The molecule has 0 aliphatic carbocycles. The van der Waals surface area contributed by atoms with Gasteiger partial charge >= 0.3 is 30.0 Å². The predicted molar refractivity (Wildman–Crippen MR) is 147 cm³/mol. The van der Waals surface area contributed by atoms with Gasteiger partial charge in [0.2, 0.25) is 11.8 Å². The van der Waals surface area contributed by atoms with E-state index in [2.05, 4.69) is 5.32 Å². The summed E-state index contributed by atoms with van der Waals surface area (Å²) in [6, 6.07) is 0.158. The van der Waals surface area contributed by atoms with Gasteiger partial charge in [-0.1, -0.05) is 13.8 Å². The van der Waals surface area contributed by atoms with E-state index >= 15 is 0 Å². The van der Waals surface area contributed by atoms with Crippen molar-refractivity contribution in [3.8, 4) is 0 Å². The number of unbranched alkanes of at least 4 members (excludes halogenated alkanes) is 1. The number of carboxylic acid groups (broad SMARTS) is 3.